The van der Waals surface area contributed by atoms with E-state index in [1.165, 1.54) is 11.9 Å². The van der Waals surface area contributed by atoms with Crippen LogP contribution in [0.3, 0.4) is 0 Å². The van der Waals surface area contributed by atoms with E-state index in [1.807, 2.05) is 43.3 Å². The van der Waals surface area contributed by atoms with E-state index in [4.69, 9.17) is 11.6 Å². The Balaban J connectivity index is 1.83. The molecule has 0 atom stereocenters. The third-order valence-corrected chi connectivity index (χ3v) is 3.71. The third-order valence-electron chi connectivity index (χ3n) is 2.68. The predicted octanol–water partition coefficient (Wildman–Crippen LogP) is 4.11. The van der Waals surface area contributed by atoms with Crippen molar-refractivity contribution in [2.24, 2.45) is 0 Å². The second kappa shape index (κ2) is 5.64. The predicted molar refractivity (Wildman–Crippen MR) is 83.0 cm³/mol. The Morgan fingerprint density at radius 2 is 1.80 bits per heavy atom. The number of anilines is 1. The summed E-state index contributed by atoms with van der Waals surface area (Å²) < 4.78 is 3.11. The number of nitrogens with zero attached hydrogens (tertiary/aromatic N) is 3. The van der Waals surface area contributed by atoms with Gasteiger partial charge in [-0.3, -0.25) is 4.98 Å². The van der Waals surface area contributed by atoms with Gasteiger partial charge in [0.15, 0.2) is 11.0 Å². The van der Waals surface area contributed by atoms with Crippen LogP contribution in [0, 0.1) is 6.92 Å². The van der Waals surface area contributed by atoms with Gasteiger partial charge in [0, 0.05) is 16.8 Å². The first-order valence-electron chi connectivity index (χ1n) is 6.00. The molecule has 0 amide bonds. The van der Waals surface area contributed by atoms with Crippen LogP contribution in [0.2, 0.25) is 5.15 Å². The maximum atomic E-state index is 6.13. The first-order chi connectivity index (χ1) is 9.72. The molecule has 0 radical (unpaired) electrons. The van der Waals surface area contributed by atoms with Crippen molar-refractivity contribution >= 4 is 40.4 Å². The summed E-state index contributed by atoms with van der Waals surface area (Å²) in [4.78, 5) is 14.0. The number of halogens is 1. The Bertz CT molecular complexity index is 746. The highest BCUT2D eigenvalue weighted by molar-refractivity contribution is 8.00. The maximum Gasteiger partial charge on any atom is 0.174 e. The summed E-state index contributed by atoms with van der Waals surface area (Å²) in [6.45, 7) is 1.95. The SMILES string of the molecule is Cc1ccc(SNc2nc3ccccc3nc2Cl)cn1. The fourth-order valence-electron chi connectivity index (χ4n) is 1.67. The van der Waals surface area contributed by atoms with Crippen LogP contribution in [-0.4, -0.2) is 15.0 Å². The molecule has 0 spiro atoms. The highest BCUT2D eigenvalue weighted by Crippen LogP contribution is 2.26. The number of pyridine rings is 1. The van der Waals surface area contributed by atoms with Crippen LogP contribution in [0.1, 0.15) is 5.69 Å². The van der Waals surface area contributed by atoms with Crippen molar-refractivity contribution in [1.82, 2.24) is 15.0 Å². The second-order valence-electron chi connectivity index (χ2n) is 4.19. The summed E-state index contributed by atoms with van der Waals surface area (Å²) in [5, 5.41) is 0.358. The van der Waals surface area contributed by atoms with E-state index in [9.17, 15) is 0 Å². The molecule has 0 saturated heterocycles. The van der Waals surface area contributed by atoms with Gasteiger partial charge in [0.2, 0.25) is 0 Å². The van der Waals surface area contributed by atoms with Gasteiger partial charge >= 0.3 is 0 Å². The molecule has 100 valence electrons. The van der Waals surface area contributed by atoms with Crippen molar-refractivity contribution in [2.75, 3.05) is 4.72 Å². The molecule has 0 saturated carbocycles. The highest BCUT2D eigenvalue weighted by Gasteiger charge is 2.06. The number of aromatic nitrogens is 3. The van der Waals surface area contributed by atoms with Crippen molar-refractivity contribution in [3.05, 3.63) is 53.4 Å². The molecule has 0 unspecified atom stereocenters. The van der Waals surface area contributed by atoms with Gasteiger partial charge in [-0.15, -0.1) is 0 Å². The van der Waals surface area contributed by atoms with Crippen molar-refractivity contribution in [3.63, 3.8) is 0 Å². The van der Waals surface area contributed by atoms with Crippen molar-refractivity contribution < 1.29 is 0 Å². The summed E-state index contributed by atoms with van der Waals surface area (Å²) in [6.07, 6.45) is 1.80. The lowest BCUT2D eigenvalue weighted by Crippen LogP contribution is -1.95. The van der Waals surface area contributed by atoms with Crippen molar-refractivity contribution in [3.8, 4) is 0 Å². The van der Waals surface area contributed by atoms with Gasteiger partial charge < -0.3 is 4.72 Å². The molecule has 3 rings (SSSR count). The number of hydrogen-bond donors (Lipinski definition) is 1. The van der Waals surface area contributed by atoms with Crippen LogP contribution < -0.4 is 4.72 Å². The molecule has 1 aromatic carbocycles. The van der Waals surface area contributed by atoms with Crippen LogP contribution in [0.4, 0.5) is 5.82 Å². The van der Waals surface area contributed by atoms with E-state index < -0.39 is 0 Å². The Hall–Kier alpha value is -1.85. The van der Waals surface area contributed by atoms with Crippen LogP contribution in [0.15, 0.2) is 47.5 Å². The number of benzene rings is 1. The van der Waals surface area contributed by atoms with Crippen LogP contribution in [-0.2, 0) is 0 Å². The first kappa shape index (κ1) is 13.1. The van der Waals surface area contributed by atoms with E-state index in [1.54, 1.807) is 6.20 Å². The molecule has 2 aromatic heterocycles. The van der Waals surface area contributed by atoms with Gasteiger partial charge in [-0.1, -0.05) is 23.7 Å². The molecule has 0 aliphatic heterocycles. The number of aryl methyl sites for hydroxylation is 1. The van der Waals surface area contributed by atoms with E-state index in [-0.39, 0.29) is 0 Å². The lowest BCUT2D eigenvalue weighted by molar-refractivity contribution is 1.15. The zero-order chi connectivity index (χ0) is 13.9. The molecule has 6 heteroatoms. The van der Waals surface area contributed by atoms with Gasteiger partial charge in [0.05, 0.1) is 11.0 Å². The minimum Gasteiger partial charge on any atom is -0.308 e. The zero-order valence-electron chi connectivity index (χ0n) is 10.7. The van der Waals surface area contributed by atoms with E-state index in [0.717, 1.165) is 21.6 Å². The smallest absolute Gasteiger partial charge is 0.174 e. The molecular weight excluding hydrogens is 292 g/mol. The van der Waals surface area contributed by atoms with Crippen molar-refractivity contribution in [1.29, 1.82) is 0 Å². The Labute approximate surface area is 125 Å². The molecule has 4 nitrogen and oxygen atoms in total. The lowest BCUT2D eigenvalue weighted by atomic mass is 10.3. The summed E-state index contributed by atoms with van der Waals surface area (Å²) >= 11 is 7.54. The van der Waals surface area contributed by atoms with Gasteiger partial charge in [0.25, 0.3) is 0 Å². The monoisotopic (exact) mass is 302 g/mol. The summed E-state index contributed by atoms with van der Waals surface area (Å²) in [6, 6.07) is 11.6. The number of para-hydroxylation sites is 2. The average molecular weight is 303 g/mol. The summed E-state index contributed by atoms with van der Waals surface area (Å²) in [7, 11) is 0. The van der Waals surface area contributed by atoms with E-state index >= 15 is 0 Å². The number of hydrogen-bond acceptors (Lipinski definition) is 5. The van der Waals surface area contributed by atoms with Gasteiger partial charge in [-0.25, -0.2) is 9.97 Å². The topological polar surface area (TPSA) is 50.7 Å². The van der Waals surface area contributed by atoms with Gasteiger partial charge in [-0.2, -0.15) is 0 Å². The molecule has 1 N–H and O–H groups in total. The Morgan fingerprint density at radius 1 is 1.05 bits per heavy atom. The minimum absolute atomic E-state index is 0.358. The van der Waals surface area contributed by atoms with Crippen LogP contribution >= 0.6 is 23.5 Å². The molecule has 0 aliphatic rings. The first-order valence-corrected chi connectivity index (χ1v) is 7.19. The van der Waals surface area contributed by atoms with Gasteiger partial charge in [-0.05, 0) is 43.1 Å². The van der Waals surface area contributed by atoms with Crippen LogP contribution in [0.25, 0.3) is 11.0 Å². The van der Waals surface area contributed by atoms with Crippen LogP contribution in [0.5, 0.6) is 0 Å². The molecule has 3 aromatic rings. The number of fused-ring (bicyclic) bond motifs is 1. The molecule has 0 bridgehead atoms. The summed E-state index contributed by atoms with van der Waals surface area (Å²) in [5.74, 6) is 0.552. The maximum absolute atomic E-state index is 6.13. The molecule has 2 heterocycles. The minimum atomic E-state index is 0.358. The molecule has 20 heavy (non-hydrogen) atoms. The standard InChI is InChI=1S/C14H11ClN4S/c1-9-6-7-10(8-16-9)20-19-14-13(15)17-11-4-2-3-5-12(11)18-14/h2-8H,1H3,(H,18,19). The molecular formula is C14H11ClN4S. The quantitative estimate of drug-likeness (QED) is 0.738. The third kappa shape index (κ3) is 2.84. The Morgan fingerprint density at radius 3 is 2.50 bits per heavy atom. The second-order valence-corrected chi connectivity index (χ2v) is 5.43. The van der Waals surface area contributed by atoms with Crippen molar-refractivity contribution in [2.45, 2.75) is 11.8 Å². The fourth-order valence-corrected chi connectivity index (χ4v) is 2.50. The Kier molecular flexibility index (Phi) is 3.71. The highest BCUT2D eigenvalue weighted by atomic mass is 35.5. The summed E-state index contributed by atoms with van der Waals surface area (Å²) in [5.41, 5.74) is 2.57. The molecule has 0 aliphatic carbocycles. The zero-order valence-corrected chi connectivity index (χ0v) is 12.2. The largest absolute Gasteiger partial charge is 0.308 e. The van der Waals surface area contributed by atoms with Gasteiger partial charge in [0.1, 0.15) is 0 Å². The fraction of sp³-hybridized carbons (Fsp3) is 0.0714. The number of rotatable bonds is 3. The normalized spacial score (nSPS) is 10.7. The molecule has 0 fully saturated rings. The van der Waals surface area contributed by atoms with E-state index in [2.05, 4.69) is 19.7 Å². The average Bonchev–Trinajstić information content (AvgIpc) is 2.47. The number of nitrogens with one attached hydrogen (secondary N) is 1. The lowest BCUT2D eigenvalue weighted by Gasteiger charge is -2.07. The van der Waals surface area contributed by atoms with E-state index in [0.29, 0.717) is 11.0 Å².